The quantitative estimate of drug-likeness (QED) is 0.466. The van der Waals surface area contributed by atoms with Gasteiger partial charge in [-0.2, -0.15) is 0 Å². The zero-order valence-electron chi connectivity index (χ0n) is 3.76. The summed E-state index contributed by atoms with van der Waals surface area (Å²) in [6.07, 6.45) is 0. The molecule has 2 heteroatoms. The third kappa shape index (κ3) is 2.89. The lowest BCUT2D eigenvalue weighted by Gasteiger charge is -1.80. The van der Waals surface area contributed by atoms with Crippen LogP contribution in [0.3, 0.4) is 0 Å². The van der Waals surface area contributed by atoms with E-state index >= 15 is 0 Å². The minimum Gasteiger partial charge on any atom is -0.0622 e. The highest BCUT2D eigenvalue weighted by molar-refractivity contribution is 14.1. The van der Waals surface area contributed by atoms with Crippen molar-refractivity contribution in [3.63, 3.8) is 0 Å². The minimum atomic E-state index is 0. The van der Waals surface area contributed by atoms with Gasteiger partial charge in [0.15, 0.2) is 0 Å². The standard InChI is InChI=1S/C6H5I.Mg.2H/c7-6-4-2-1-3-5-6;;;/h1-5H;;;. The molecule has 1 aromatic rings. The van der Waals surface area contributed by atoms with E-state index in [2.05, 4.69) is 34.7 Å². The van der Waals surface area contributed by atoms with E-state index in [9.17, 15) is 0 Å². The van der Waals surface area contributed by atoms with Crippen molar-refractivity contribution in [1.82, 2.24) is 0 Å². The summed E-state index contributed by atoms with van der Waals surface area (Å²) in [5.74, 6) is 0. The predicted molar refractivity (Wildman–Crippen MR) is 47.7 cm³/mol. The monoisotopic (exact) mass is 230 g/mol. The first-order valence-corrected chi connectivity index (χ1v) is 3.18. The maximum atomic E-state index is 2.28. The molecule has 0 aliphatic carbocycles. The van der Waals surface area contributed by atoms with Gasteiger partial charge in [0.1, 0.15) is 0 Å². The molecule has 40 valence electrons. The molecular weight excluding hydrogens is 223 g/mol. The Labute approximate surface area is 79.0 Å². The molecule has 0 radical (unpaired) electrons. The van der Waals surface area contributed by atoms with Crippen molar-refractivity contribution in [1.29, 1.82) is 0 Å². The van der Waals surface area contributed by atoms with Crippen LogP contribution in [0.4, 0.5) is 0 Å². The second kappa shape index (κ2) is 4.58. The highest BCUT2D eigenvalue weighted by Crippen LogP contribution is 1.99. The van der Waals surface area contributed by atoms with Gasteiger partial charge in [-0.1, -0.05) is 18.2 Å². The molecule has 0 saturated heterocycles. The Morgan fingerprint density at radius 2 is 1.50 bits per heavy atom. The Morgan fingerprint density at radius 1 is 1.00 bits per heavy atom. The van der Waals surface area contributed by atoms with Crippen molar-refractivity contribution in [3.05, 3.63) is 33.9 Å². The fourth-order valence-corrected chi connectivity index (χ4v) is 0.830. The van der Waals surface area contributed by atoms with Gasteiger partial charge >= 0.3 is 23.1 Å². The highest BCUT2D eigenvalue weighted by Gasteiger charge is 1.74. The van der Waals surface area contributed by atoms with Crippen LogP contribution in [0, 0.1) is 3.57 Å². The third-order valence-electron chi connectivity index (χ3n) is 0.733. The summed E-state index contributed by atoms with van der Waals surface area (Å²) in [4.78, 5) is 0. The summed E-state index contributed by atoms with van der Waals surface area (Å²) < 4.78 is 1.29. The lowest BCUT2D eigenvalue weighted by atomic mass is 10.4. The molecule has 0 amide bonds. The fourth-order valence-electron chi connectivity index (χ4n) is 0.415. The lowest BCUT2D eigenvalue weighted by molar-refractivity contribution is 1.65. The van der Waals surface area contributed by atoms with E-state index in [0.29, 0.717) is 0 Å². The molecular formula is C6H7IMg. The van der Waals surface area contributed by atoms with Crippen molar-refractivity contribution < 1.29 is 0 Å². The van der Waals surface area contributed by atoms with Gasteiger partial charge in [-0.3, -0.25) is 0 Å². The van der Waals surface area contributed by atoms with E-state index in [1.807, 2.05) is 18.2 Å². The molecule has 0 fully saturated rings. The molecule has 0 aliphatic heterocycles. The van der Waals surface area contributed by atoms with Gasteiger partial charge in [0, 0.05) is 3.57 Å². The SMILES string of the molecule is Ic1ccccc1.[MgH2]. The number of rotatable bonds is 0. The molecule has 0 aromatic heterocycles. The maximum absolute atomic E-state index is 2.28. The van der Waals surface area contributed by atoms with E-state index in [1.165, 1.54) is 3.57 Å². The van der Waals surface area contributed by atoms with E-state index in [4.69, 9.17) is 0 Å². The van der Waals surface area contributed by atoms with Gasteiger partial charge in [-0.15, -0.1) is 0 Å². The van der Waals surface area contributed by atoms with Gasteiger partial charge < -0.3 is 0 Å². The van der Waals surface area contributed by atoms with E-state index in [1.54, 1.807) is 0 Å². The average molecular weight is 230 g/mol. The molecule has 8 heavy (non-hydrogen) atoms. The fraction of sp³-hybridized carbons (Fsp3) is 0. The number of hydrogen-bond acceptors (Lipinski definition) is 0. The molecule has 0 nitrogen and oxygen atoms in total. The molecule has 1 rings (SSSR count). The molecule has 0 atom stereocenters. The van der Waals surface area contributed by atoms with Gasteiger partial charge in [-0.25, -0.2) is 0 Å². The maximum Gasteiger partial charge on any atom is 0.316 e. The van der Waals surface area contributed by atoms with E-state index in [-0.39, 0.29) is 23.1 Å². The smallest absolute Gasteiger partial charge is 0.0622 e. The number of hydrogen-bond donors (Lipinski definition) is 0. The van der Waals surface area contributed by atoms with Crippen LogP contribution >= 0.6 is 22.6 Å². The van der Waals surface area contributed by atoms with E-state index in [0.717, 1.165) is 0 Å². The van der Waals surface area contributed by atoms with Crippen molar-refractivity contribution in [2.45, 2.75) is 0 Å². The summed E-state index contributed by atoms with van der Waals surface area (Å²) in [7, 11) is 0. The second-order valence-corrected chi connectivity index (χ2v) is 2.54. The summed E-state index contributed by atoms with van der Waals surface area (Å²) in [5.41, 5.74) is 0. The minimum absolute atomic E-state index is 0. The molecule has 0 N–H and O–H groups in total. The van der Waals surface area contributed by atoms with Crippen LogP contribution in [-0.4, -0.2) is 23.1 Å². The largest absolute Gasteiger partial charge is 0.316 e. The van der Waals surface area contributed by atoms with Gasteiger partial charge in [0.2, 0.25) is 0 Å². The van der Waals surface area contributed by atoms with Crippen LogP contribution in [-0.2, 0) is 0 Å². The predicted octanol–water partition coefficient (Wildman–Crippen LogP) is 1.37. The van der Waals surface area contributed by atoms with Crippen LogP contribution in [0.1, 0.15) is 0 Å². The first kappa shape index (κ1) is 8.72. The zero-order valence-corrected chi connectivity index (χ0v) is 5.92. The zero-order chi connectivity index (χ0) is 5.11. The van der Waals surface area contributed by atoms with Crippen molar-refractivity contribution in [2.24, 2.45) is 0 Å². The van der Waals surface area contributed by atoms with Gasteiger partial charge in [0.25, 0.3) is 0 Å². The van der Waals surface area contributed by atoms with Gasteiger partial charge in [-0.05, 0) is 34.7 Å². The van der Waals surface area contributed by atoms with Crippen LogP contribution in [0.5, 0.6) is 0 Å². The Morgan fingerprint density at radius 3 is 1.75 bits per heavy atom. The molecule has 0 heterocycles. The van der Waals surface area contributed by atoms with Crippen LogP contribution < -0.4 is 0 Å². The molecule has 0 spiro atoms. The lowest BCUT2D eigenvalue weighted by Crippen LogP contribution is -1.61. The highest BCUT2D eigenvalue weighted by atomic mass is 127. The summed E-state index contributed by atoms with van der Waals surface area (Å²) in [5, 5.41) is 0. The normalized spacial score (nSPS) is 7.62. The van der Waals surface area contributed by atoms with E-state index < -0.39 is 0 Å². The number of benzene rings is 1. The van der Waals surface area contributed by atoms with Crippen LogP contribution in [0.2, 0.25) is 0 Å². The first-order valence-electron chi connectivity index (χ1n) is 2.10. The number of halogens is 1. The summed E-state index contributed by atoms with van der Waals surface area (Å²) in [6, 6.07) is 10.2. The topological polar surface area (TPSA) is 0 Å². The van der Waals surface area contributed by atoms with Gasteiger partial charge in [0.05, 0.1) is 0 Å². The van der Waals surface area contributed by atoms with Crippen LogP contribution in [0.25, 0.3) is 0 Å². The third-order valence-corrected chi connectivity index (χ3v) is 1.45. The average Bonchev–Trinajstić information content (AvgIpc) is 1.69. The Balaban J connectivity index is 0.000000490. The summed E-state index contributed by atoms with van der Waals surface area (Å²) >= 11 is 2.28. The summed E-state index contributed by atoms with van der Waals surface area (Å²) in [6.45, 7) is 0. The Kier molecular flexibility index (Phi) is 4.99. The van der Waals surface area contributed by atoms with Crippen molar-refractivity contribution >= 4 is 45.6 Å². The van der Waals surface area contributed by atoms with Crippen molar-refractivity contribution in [3.8, 4) is 0 Å². The molecule has 0 saturated carbocycles. The first-order chi connectivity index (χ1) is 3.39. The Bertz CT molecular complexity index is 138. The van der Waals surface area contributed by atoms with Crippen molar-refractivity contribution in [2.75, 3.05) is 0 Å². The molecule has 1 aromatic carbocycles. The Hall–Kier alpha value is 0.716. The second-order valence-electron chi connectivity index (χ2n) is 1.30. The van der Waals surface area contributed by atoms with Crippen LogP contribution in [0.15, 0.2) is 30.3 Å². The molecule has 0 aliphatic rings. The molecule has 0 unspecified atom stereocenters. The molecule has 0 bridgehead atoms.